The number of thiophene rings is 1. The molecular formula is C14H15Cl2N3OS. The van der Waals surface area contributed by atoms with Gasteiger partial charge in [0.2, 0.25) is 0 Å². The fourth-order valence-corrected chi connectivity index (χ4v) is 3.08. The first-order valence-corrected chi connectivity index (χ1v) is 8.04. The smallest absolute Gasteiger partial charge is 0.252 e. The molecule has 0 aliphatic rings. The number of pyridine rings is 1. The molecule has 0 bridgehead atoms. The van der Waals surface area contributed by atoms with E-state index >= 15 is 0 Å². The van der Waals surface area contributed by atoms with Crippen LogP contribution >= 0.6 is 34.5 Å². The SMILES string of the molecule is CCNc1cc(C(=O)NC(C)c2ccc(Cl)s2)cc(Cl)n1. The Kier molecular flexibility index (Phi) is 5.45. The summed E-state index contributed by atoms with van der Waals surface area (Å²) in [7, 11) is 0. The van der Waals surface area contributed by atoms with E-state index in [-0.39, 0.29) is 17.1 Å². The number of hydrogen-bond acceptors (Lipinski definition) is 4. The highest BCUT2D eigenvalue weighted by atomic mass is 35.5. The Hall–Kier alpha value is -1.30. The van der Waals surface area contributed by atoms with Crippen molar-refractivity contribution in [2.24, 2.45) is 0 Å². The molecule has 2 rings (SSSR count). The van der Waals surface area contributed by atoms with Crippen LogP contribution in [0.2, 0.25) is 9.49 Å². The number of hydrogen-bond donors (Lipinski definition) is 2. The molecule has 0 saturated carbocycles. The van der Waals surface area contributed by atoms with E-state index in [0.29, 0.717) is 22.3 Å². The molecule has 1 unspecified atom stereocenters. The number of carbonyl (C=O) groups is 1. The summed E-state index contributed by atoms with van der Waals surface area (Å²) in [5.41, 5.74) is 0.473. The average Bonchev–Trinajstić information content (AvgIpc) is 2.85. The molecule has 0 aromatic carbocycles. The van der Waals surface area contributed by atoms with Gasteiger partial charge >= 0.3 is 0 Å². The van der Waals surface area contributed by atoms with Crippen LogP contribution in [0.4, 0.5) is 5.82 Å². The first-order valence-electron chi connectivity index (χ1n) is 6.47. The normalized spacial score (nSPS) is 12.0. The molecule has 21 heavy (non-hydrogen) atoms. The lowest BCUT2D eigenvalue weighted by molar-refractivity contribution is 0.0940. The van der Waals surface area contributed by atoms with Gasteiger partial charge in [-0.15, -0.1) is 11.3 Å². The summed E-state index contributed by atoms with van der Waals surface area (Å²) in [4.78, 5) is 17.4. The summed E-state index contributed by atoms with van der Waals surface area (Å²) in [5.74, 6) is 0.387. The number of nitrogens with zero attached hydrogens (tertiary/aromatic N) is 1. The van der Waals surface area contributed by atoms with Gasteiger partial charge in [0.15, 0.2) is 0 Å². The zero-order chi connectivity index (χ0) is 15.4. The lowest BCUT2D eigenvalue weighted by Gasteiger charge is -2.13. The minimum absolute atomic E-state index is 0.121. The Morgan fingerprint density at radius 3 is 2.76 bits per heavy atom. The standard InChI is InChI=1S/C14H15Cl2N3OS/c1-3-17-13-7-9(6-11(15)19-13)14(20)18-8(2)10-4-5-12(16)21-10/h4-8H,3H2,1-2H3,(H,17,19)(H,18,20). The summed E-state index contributed by atoms with van der Waals surface area (Å²) in [6, 6.07) is 6.83. The maximum atomic E-state index is 12.3. The van der Waals surface area contributed by atoms with Crippen LogP contribution in [0.5, 0.6) is 0 Å². The van der Waals surface area contributed by atoms with Crippen LogP contribution in [-0.2, 0) is 0 Å². The third-order valence-electron chi connectivity index (χ3n) is 2.78. The molecule has 0 fully saturated rings. The van der Waals surface area contributed by atoms with Gasteiger partial charge in [0.1, 0.15) is 11.0 Å². The molecule has 0 aliphatic carbocycles. The molecule has 0 radical (unpaired) electrons. The highest BCUT2D eigenvalue weighted by Crippen LogP contribution is 2.27. The van der Waals surface area contributed by atoms with E-state index in [2.05, 4.69) is 15.6 Å². The Morgan fingerprint density at radius 1 is 1.38 bits per heavy atom. The van der Waals surface area contributed by atoms with Crippen molar-refractivity contribution in [1.29, 1.82) is 0 Å². The lowest BCUT2D eigenvalue weighted by atomic mass is 10.2. The minimum atomic E-state index is -0.199. The maximum absolute atomic E-state index is 12.3. The number of rotatable bonds is 5. The van der Waals surface area contributed by atoms with Gasteiger partial charge in [-0.2, -0.15) is 0 Å². The van der Waals surface area contributed by atoms with Crippen molar-refractivity contribution in [2.75, 3.05) is 11.9 Å². The van der Waals surface area contributed by atoms with E-state index in [1.54, 1.807) is 12.1 Å². The monoisotopic (exact) mass is 343 g/mol. The van der Waals surface area contributed by atoms with E-state index < -0.39 is 0 Å². The second-order valence-electron chi connectivity index (χ2n) is 4.43. The van der Waals surface area contributed by atoms with Crippen molar-refractivity contribution in [3.8, 4) is 0 Å². The Balaban J connectivity index is 2.12. The number of aromatic nitrogens is 1. The van der Waals surface area contributed by atoms with Crippen molar-refractivity contribution in [3.63, 3.8) is 0 Å². The number of carbonyl (C=O) groups excluding carboxylic acids is 1. The second-order valence-corrected chi connectivity index (χ2v) is 6.57. The zero-order valence-corrected chi connectivity index (χ0v) is 13.9. The van der Waals surface area contributed by atoms with Crippen LogP contribution in [0.3, 0.4) is 0 Å². The average molecular weight is 344 g/mol. The van der Waals surface area contributed by atoms with E-state index in [4.69, 9.17) is 23.2 Å². The summed E-state index contributed by atoms with van der Waals surface area (Å²) in [6.45, 7) is 4.57. The van der Waals surface area contributed by atoms with Gasteiger partial charge in [-0.1, -0.05) is 23.2 Å². The number of anilines is 1. The summed E-state index contributed by atoms with van der Waals surface area (Å²) >= 11 is 13.3. The number of nitrogens with one attached hydrogen (secondary N) is 2. The zero-order valence-electron chi connectivity index (χ0n) is 11.6. The molecule has 1 amide bonds. The third-order valence-corrected chi connectivity index (χ3v) is 4.39. The summed E-state index contributed by atoms with van der Waals surface area (Å²) in [5, 5.41) is 6.24. The van der Waals surface area contributed by atoms with E-state index in [0.717, 1.165) is 4.88 Å². The van der Waals surface area contributed by atoms with Gasteiger partial charge in [0.25, 0.3) is 5.91 Å². The summed E-state index contributed by atoms with van der Waals surface area (Å²) < 4.78 is 0.701. The Bertz CT molecular complexity index is 645. The Morgan fingerprint density at radius 2 is 2.14 bits per heavy atom. The molecule has 2 heterocycles. The van der Waals surface area contributed by atoms with E-state index in [1.807, 2.05) is 26.0 Å². The quantitative estimate of drug-likeness (QED) is 0.792. The van der Waals surface area contributed by atoms with Crippen molar-refractivity contribution in [3.05, 3.63) is 44.2 Å². The van der Waals surface area contributed by atoms with Crippen molar-refractivity contribution in [1.82, 2.24) is 10.3 Å². The largest absolute Gasteiger partial charge is 0.370 e. The van der Waals surface area contributed by atoms with Crippen LogP contribution in [0.25, 0.3) is 0 Å². The van der Waals surface area contributed by atoms with E-state index in [9.17, 15) is 4.79 Å². The van der Waals surface area contributed by atoms with E-state index in [1.165, 1.54) is 11.3 Å². The minimum Gasteiger partial charge on any atom is -0.370 e. The van der Waals surface area contributed by atoms with Crippen molar-refractivity contribution >= 4 is 46.3 Å². The highest BCUT2D eigenvalue weighted by Gasteiger charge is 2.14. The molecular weight excluding hydrogens is 329 g/mol. The molecule has 7 heteroatoms. The van der Waals surface area contributed by atoms with Crippen LogP contribution in [-0.4, -0.2) is 17.4 Å². The molecule has 2 aromatic heterocycles. The second kappa shape index (κ2) is 7.11. The molecule has 1 atom stereocenters. The summed E-state index contributed by atoms with van der Waals surface area (Å²) in [6.07, 6.45) is 0. The lowest BCUT2D eigenvalue weighted by Crippen LogP contribution is -2.26. The Labute approximate surface area is 137 Å². The number of amides is 1. The van der Waals surface area contributed by atoms with Gasteiger partial charge in [0.05, 0.1) is 10.4 Å². The fraction of sp³-hybridized carbons (Fsp3) is 0.286. The third kappa shape index (κ3) is 4.33. The van der Waals surface area contributed by atoms with Crippen LogP contribution < -0.4 is 10.6 Å². The molecule has 0 spiro atoms. The molecule has 112 valence electrons. The molecule has 2 aromatic rings. The highest BCUT2D eigenvalue weighted by molar-refractivity contribution is 7.16. The first-order chi connectivity index (χ1) is 9.99. The van der Waals surface area contributed by atoms with Crippen molar-refractivity contribution < 1.29 is 4.79 Å². The van der Waals surface area contributed by atoms with Gasteiger partial charge in [0, 0.05) is 17.0 Å². The topological polar surface area (TPSA) is 54.0 Å². The predicted molar refractivity (Wildman–Crippen MR) is 88.6 cm³/mol. The molecule has 2 N–H and O–H groups in total. The predicted octanol–water partition coefficient (Wildman–Crippen LogP) is 4.37. The van der Waals surface area contributed by atoms with Gasteiger partial charge in [-0.05, 0) is 38.1 Å². The van der Waals surface area contributed by atoms with Crippen molar-refractivity contribution in [2.45, 2.75) is 19.9 Å². The fourth-order valence-electron chi connectivity index (χ4n) is 1.81. The van der Waals surface area contributed by atoms with Gasteiger partial charge in [-0.25, -0.2) is 4.98 Å². The van der Waals surface area contributed by atoms with Crippen LogP contribution in [0, 0.1) is 0 Å². The van der Waals surface area contributed by atoms with Crippen LogP contribution in [0.15, 0.2) is 24.3 Å². The van der Waals surface area contributed by atoms with Gasteiger partial charge < -0.3 is 10.6 Å². The van der Waals surface area contributed by atoms with Gasteiger partial charge in [-0.3, -0.25) is 4.79 Å². The molecule has 0 saturated heterocycles. The van der Waals surface area contributed by atoms with Crippen LogP contribution in [0.1, 0.15) is 35.1 Å². The molecule has 0 aliphatic heterocycles. The first kappa shape index (κ1) is 16.1. The maximum Gasteiger partial charge on any atom is 0.252 e. The molecule has 4 nitrogen and oxygen atoms in total. The number of halogens is 2.